The topological polar surface area (TPSA) is 97.6 Å². The fourth-order valence-electron chi connectivity index (χ4n) is 3.58. The molecule has 2 aromatic rings. The smallest absolute Gasteiger partial charge is 0.321 e. The Bertz CT molecular complexity index is 873. The molecule has 1 aliphatic rings. The number of hydrogen-bond acceptors (Lipinski definition) is 5. The molecule has 0 saturated heterocycles. The second-order valence-corrected chi connectivity index (χ2v) is 7.49. The van der Waals surface area contributed by atoms with Crippen LogP contribution in [0.2, 0.25) is 0 Å². The van der Waals surface area contributed by atoms with E-state index in [1.807, 2.05) is 25.1 Å². The van der Waals surface area contributed by atoms with Crippen LogP contribution in [-0.2, 0) is 20.7 Å². The monoisotopic (exact) mass is 386 g/mol. The van der Waals surface area contributed by atoms with E-state index < -0.39 is 24.5 Å². The third-order valence-corrected chi connectivity index (χ3v) is 5.19. The largest absolute Gasteiger partial charge is 0.464 e. The van der Waals surface area contributed by atoms with Crippen molar-refractivity contribution >= 4 is 28.9 Å². The second kappa shape index (κ2) is 8.91. The predicted octanol–water partition coefficient (Wildman–Crippen LogP) is 3.23. The van der Waals surface area contributed by atoms with E-state index in [0.29, 0.717) is 17.1 Å². The Morgan fingerprint density at radius 3 is 2.79 bits per heavy atom. The number of urea groups is 1. The number of imide groups is 1. The number of amides is 3. The lowest BCUT2D eigenvalue weighted by Gasteiger charge is -2.29. The first-order valence-electron chi connectivity index (χ1n) is 9.65. The summed E-state index contributed by atoms with van der Waals surface area (Å²) in [4.78, 5) is 35.8. The molecule has 150 valence electrons. The predicted molar refractivity (Wildman–Crippen MR) is 104 cm³/mol. The molecule has 2 N–H and O–H groups in total. The Morgan fingerprint density at radius 1 is 1.21 bits per heavy atom. The van der Waals surface area contributed by atoms with Crippen molar-refractivity contribution in [2.24, 2.45) is 5.92 Å². The number of esters is 1. The lowest BCUT2D eigenvalue weighted by atomic mass is 9.86. The number of benzene rings is 1. The van der Waals surface area contributed by atoms with E-state index in [2.05, 4.69) is 17.6 Å². The first-order valence-corrected chi connectivity index (χ1v) is 9.65. The Morgan fingerprint density at radius 2 is 2.00 bits per heavy atom. The Kier molecular flexibility index (Phi) is 6.34. The van der Waals surface area contributed by atoms with Gasteiger partial charge in [-0.15, -0.1) is 0 Å². The van der Waals surface area contributed by atoms with Gasteiger partial charge in [-0.25, -0.2) is 4.79 Å². The summed E-state index contributed by atoms with van der Waals surface area (Å²) in [5.41, 5.74) is 2.46. The lowest BCUT2D eigenvalue weighted by molar-refractivity contribution is -0.147. The molecule has 3 rings (SSSR count). The minimum absolute atomic E-state index is 0.00484. The number of furan rings is 1. The SMILES string of the molecule is Cc1ccc2c(CC(=O)OCC(=O)NC(=O)N[C@@H]3CCCC[C@@H]3C)coc2c1. The van der Waals surface area contributed by atoms with Crippen molar-refractivity contribution in [1.82, 2.24) is 10.6 Å². The van der Waals surface area contributed by atoms with Gasteiger partial charge >= 0.3 is 12.0 Å². The zero-order valence-corrected chi connectivity index (χ0v) is 16.2. The maximum absolute atomic E-state index is 12.0. The maximum atomic E-state index is 12.0. The zero-order valence-electron chi connectivity index (χ0n) is 16.2. The fourth-order valence-corrected chi connectivity index (χ4v) is 3.58. The minimum Gasteiger partial charge on any atom is -0.464 e. The quantitative estimate of drug-likeness (QED) is 0.769. The van der Waals surface area contributed by atoms with Gasteiger partial charge < -0.3 is 14.5 Å². The van der Waals surface area contributed by atoms with E-state index in [-0.39, 0.29) is 12.5 Å². The Hall–Kier alpha value is -2.83. The normalized spacial score (nSPS) is 19.2. The van der Waals surface area contributed by atoms with Gasteiger partial charge in [-0.3, -0.25) is 14.9 Å². The molecule has 28 heavy (non-hydrogen) atoms. The van der Waals surface area contributed by atoms with Gasteiger partial charge in [-0.2, -0.15) is 0 Å². The van der Waals surface area contributed by atoms with Gasteiger partial charge in [0, 0.05) is 17.0 Å². The molecule has 0 bridgehead atoms. The van der Waals surface area contributed by atoms with Crippen LogP contribution in [0.25, 0.3) is 11.0 Å². The van der Waals surface area contributed by atoms with E-state index in [0.717, 1.165) is 30.2 Å². The van der Waals surface area contributed by atoms with Crippen molar-refractivity contribution in [2.45, 2.75) is 52.0 Å². The van der Waals surface area contributed by atoms with Gasteiger partial charge in [0.15, 0.2) is 6.61 Å². The van der Waals surface area contributed by atoms with Gasteiger partial charge in [0.05, 0.1) is 12.7 Å². The van der Waals surface area contributed by atoms with E-state index in [1.54, 1.807) is 0 Å². The van der Waals surface area contributed by atoms with Crippen molar-refractivity contribution in [3.8, 4) is 0 Å². The second-order valence-electron chi connectivity index (χ2n) is 7.49. The van der Waals surface area contributed by atoms with Crippen molar-refractivity contribution in [1.29, 1.82) is 0 Å². The first kappa shape index (κ1) is 19.9. The van der Waals surface area contributed by atoms with Gasteiger partial charge in [-0.05, 0) is 37.3 Å². The third-order valence-electron chi connectivity index (χ3n) is 5.19. The molecule has 1 aromatic carbocycles. The molecule has 0 radical (unpaired) electrons. The van der Waals surface area contributed by atoms with E-state index in [1.165, 1.54) is 12.7 Å². The van der Waals surface area contributed by atoms with Crippen LogP contribution in [0.4, 0.5) is 4.79 Å². The van der Waals surface area contributed by atoms with E-state index >= 15 is 0 Å². The molecule has 1 aliphatic carbocycles. The highest BCUT2D eigenvalue weighted by Crippen LogP contribution is 2.24. The molecule has 7 nitrogen and oxygen atoms in total. The number of hydrogen-bond donors (Lipinski definition) is 2. The number of carbonyl (C=O) groups excluding carboxylic acids is 3. The van der Waals surface area contributed by atoms with Crippen LogP contribution in [-0.4, -0.2) is 30.6 Å². The molecule has 1 fully saturated rings. The van der Waals surface area contributed by atoms with Gasteiger partial charge in [0.25, 0.3) is 5.91 Å². The van der Waals surface area contributed by atoms with Crippen LogP contribution in [0.3, 0.4) is 0 Å². The van der Waals surface area contributed by atoms with E-state index in [9.17, 15) is 14.4 Å². The van der Waals surface area contributed by atoms with Gasteiger partial charge in [0.2, 0.25) is 0 Å². The average Bonchev–Trinajstić information content (AvgIpc) is 3.03. The first-order chi connectivity index (χ1) is 13.4. The summed E-state index contributed by atoms with van der Waals surface area (Å²) in [5.74, 6) is -0.817. The highest BCUT2D eigenvalue weighted by Gasteiger charge is 2.23. The molecule has 1 heterocycles. The molecule has 1 aromatic heterocycles. The molecule has 3 amide bonds. The van der Waals surface area contributed by atoms with Crippen molar-refractivity contribution < 1.29 is 23.5 Å². The summed E-state index contributed by atoms with van der Waals surface area (Å²) in [6.45, 7) is 3.55. The summed E-state index contributed by atoms with van der Waals surface area (Å²) in [6.07, 6.45) is 5.73. The average molecular weight is 386 g/mol. The van der Waals surface area contributed by atoms with Crippen LogP contribution >= 0.6 is 0 Å². The number of aryl methyl sites for hydroxylation is 1. The van der Waals surface area contributed by atoms with Crippen LogP contribution in [0.5, 0.6) is 0 Å². The number of nitrogens with one attached hydrogen (secondary N) is 2. The molecule has 1 saturated carbocycles. The number of rotatable bonds is 5. The minimum atomic E-state index is -0.651. The van der Waals surface area contributed by atoms with Crippen LogP contribution in [0, 0.1) is 12.8 Å². The standard InChI is InChI=1S/C21H26N2O5/c1-13-7-8-16-15(11-27-18(16)9-13)10-20(25)28-12-19(24)23-21(26)22-17-6-4-3-5-14(17)2/h7-9,11,14,17H,3-6,10,12H2,1-2H3,(H2,22,23,24,26)/t14-,17+/m0/s1. The van der Waals surface area contributed by atoms with Crippen LogP contribution < -0.4 is 10.6 Å². The summed E-state index contributed by atoms with van der Waals surface area (Å²) in [6, 6.07) is 5.24. The summed E-state index contributed by atoms with van der Waals surface area (Å²) in [5, 5.41) is 5.88. The lowest BCUT2D eigenvalue weighted by Crippen LogP contribution is -2.48. The van der Waals surface area contributed by atoms with Crippen LogP contribution in [0.15, 0.2) is 28.9 Å². The Labute approximate surface area is 163 Å². The third kappa shape index (κ3) is 5.12. The van der Waals surface area contributed by atoms with Gasteiger partial charge in [-0.1, -0.05) is 31.9 Å². The number of carbonyl (C=O) groups is 3. The van der Waals surface area contributed by atoms with Crippen molar-refractivity contribution in [2.75, 3.05) is 6.61 Å². The van der Waals surface area contributed by atoms with Gasteiger partial charge in [0.1, 0.15) is 5.58 Å². The molecule has 0 aliphatic heterocycles. The van der Waals surface area contributed by atoms with Crippen LogP contribution in [0.1, 0.15) is 43.7 Å². The highest BCUT2D eigenvalue weighted by atomic mass is 16.5. The maximum Gasteiger partial charge on any atom is 0.321 e. The molecule has 7 heteroatoms. The molecular weight excluding hydrogens is 360 g/mol. The number of fused-ring (bicyclic) bond motifs is 1. The molecule has 2 atom stereocenters. The summed E-state index contributed by atoms with van der Waals surface area (Å²) < 4.78 is 10.4. The highest BCUT2D eigenvalue weighted by molar-refractivity contribution is 5.96. The summed E-state index contributed by atoms with van der Waals surface area (Å²) >= 11 is 0. The Balaban J connectivity index is 1.43. The van der Waals surface area contributed by atoms with E-state index in [4.69, 9.17) is 9.15 Å². The fraction of sp³-hybridized carbons (Fsp3) is 0.476. The van der Waals surface area contributed by atoms with Crippen molar-refractivity contribution in [3.63, 3.8) is 0 Å². The summed E-state index contributed by atoms with van der Waals surface area (Å²) in [7, 11) is 0. The molecule has 0 spiro atoms. The molecular formula is C21H26N2O5. The zero-order chi connectivity index (χ0) is 20.1. The molecule has 0 unspecified atom stereocenters. The van der Waals surface area contributed by atoms with Crippen molar-refractivity contribution in [3.05, 3.63) is 35.6 Å². The number of ether oxygens (including phenoxy) is 1.